The Bertz CT molecular complexity index is 2790. The molecule has 0 atom stereocenters. The standard InChI is InChI=1S/C30H23N5.C22H16BrN.CH4/c1-3-11-22(12-4-1)27-20-28(31-30(27)23-13-5-2-6-14-23)26-17-8-7-16-25(26)24-15-9-10-21(18-24)19-29-32-34-35-33-29;23-20-14-8-7-13-18(20)21-15-19(16-9-3-1-4-10-16)22(24-21)17-11-5-2-6-12-17;/h1-18,20,31H,19H2,(H,32,33,34,35);1-15,24H;1H4. The maximum atomic E-state index is 4.10. The van der Waals surface area contributed by atoms with Gasteiger partial charge in [0.1, 0.15) is 0 Å². The molecule has 0 aliphatic heterocycles. The van der Waals surface area contributed by atoms with Gasteiger partial charge in [0.15, 0.2) is 5.82 Å². The fourth-order valence-electron chi connectivity index (χ4n) is 7.49. The smallest absolute Gasteiger partial charge is 0.178 e. The number of hydrogen-bond acceptors (Lipinski definition) is 3. The highest BCUT2D eigenvalue weighted by Gasteiger charge is 2.17. The third-order valence-electron chi connectivity index (χ3n) is 10.3. The van der Waals surface area contributed by atoms with Crippen molar-refractivity contribution < 1.29 is 0 Å². The van der Waals surface area contributed by atoms with E-state index in [1.165, 1.54) is 33.4 Å². The first-order chi connectivity index (χ1) is 29.2. The Labute approximate surface area is 359 Å². The SMILES string of the molecule is Brc1ccccc1-c1cc(-c2ccccc2)c(-c2ccccc2)[nH]1.C.c1ccc(-c2cc(-c3ccccc3-c3cccc(Cc4nn[nH]n4)c3)[nH]c2-c2ccccc2)cc1. The van der Waals surface area contributed by atoms with Crippen molar-refractivity contribution in [1.29, 1.82) is 0 Å². The number of benzene rings is 7. The number of nitrogens with one attached hydrogen (secondary N) is 3. The Balaban J connectivity index is 0.000000175. The molecular formula is C53H43BrN6. The molecule has 0 saturated carbocycles. The first-order valence-corrected chi connectivity index (χ1v) is 20.3. The minimum atomic E-state index is 0. The first-order valence-electron chi connectivity index (χ1n) is 19.5. The predicted octanol–water partition coefficient (Wildman–Crippen LogP) is 14.2. The molecule has 10 rings (SSSR count). The van der Waals surface area contributed by atoms with Crippen molar-refractivity contribution in [3.05, 3.63) is 222 Å². The Kier molecular flexibility index (Phi) is 12.2. The van der Waals surface area contributed by atoms with Crippen molar-refractivity contribution in [3.8, 4) is 78.4 Å². The molecule has 10 aromatic rings. The predicted molar refractivity (Wildman–Crippen MR) is 251 cm³/mol. The quantitative estimate of drug-likeness (QED) is 0.135. The van der Waals surface area contributed by atoms with E-state index in [-0.39, 0.29) is 7.43 Å². The Morgan fingerprint density at radius 1 is 0.400 bits per heavy atom. The number of tetrazole rings is 1. The summed E-state index contributed by atoms with van der Waals surface area (Å²) in [6, 6.07) is 71.9. The molecule has 3 aromatic heterocycles. The Hall–Kier alpha value is -7.35. The second kappa shape index (κ2) is 18.5. The van der Waals surface area contributed by atoms with E-state index in [2.05, 4.69) is 229 Å². The van der Waals surface area contributed by atoms with Crippen LogP contribution in [0.5, 0.6) is 0 Å². The van der Waals surface area contributed by atoms with Crippen molar-refractivity contribution in [2.75, 3.05) is 0 Å². The van der Waals surface area contributed by atoms with Crippen LogP contribution in [0.15, 0.2) is 211 Å². The van der Waals surface area contributed by atoms with Crippen LogP contribution in [0, 0.1) is 0 Å². The molecule has 0 amide bonds. The van der Waals surface area contributed by atoms with Crippen LogP contribution in [0.3, 0.4) is 0 Å². The third-order valence-corrected chi connectivity index (χ3v) is 11.0. The highest BCUT2D eigenvalue weighted by atomic mass is 79.9. The summed E-state index contributed by atoms with van der Waals surface area (Å²) in [6.07, 6.45) is 0.630. The summed E-state index contributed by atoms with van der Waals surface area (Å²) in [5.41, 5.74) is 17.4. The maximum absolute atomic E-state index is 4.10. The van der Waals surface area contributed by atoms with E-state index in [0.717, 1.165) is 55.1 Å². The highest BCUT2D eigenvalue weighted by molar-refractivity contribution is 9.10. The second-order valence-corrected chi connectivity index (χ2v) is 15.0. The van der Waals surface area contributed by atoms with Crippen LogP contribution < -0.4 is 0 Å². The van der Waals surface area contributed by atoms with Crippen molar-refractivity contribution >= 4 is 15.9 Å². The average Bonchev–Trinajstić information content (AvgIpc) is 4.10. The number of halogens is 1. The van der Waals surface area contributed by atoms with Crippen molar-refractivity contribution in [2.24, 2.45) is 0 Å². The van der Waals surface area contributed by atoms with E-state index in [0.29, 0.717) is 12.2 Å². The normalized spacial score (nSPS) is 10.7. The molecule has 60 heavy (non-hydrogen) atoms. The van der Waals surface area contributed by atoms with Crippen LogP contribution >= 0.6 is 15.9 Å². The molecule has 0 fully saturated rings. The highest BCUT2D eigenvalue weighted by Crippen LogP contribution is 2.40. The third kappa shape index (κ3) is 8.72. The zero-order chi connectivity index (χ0) is 39.8. The van der Waals surface area contributed by atoms with Gasteiger partial charge in [-0.05, 0) is 57.1 Å². The number of hydrogen-bond donors (Lipinski definition) is 3. The van der Waals surface area contributed by atoms with Crippen LogP contribution in [-0.4, -0.2) is 30.6 Å². The fourth-order valence-corrected chi connectivity index (χ4v) is 7.99. The lowest BCUT2D eigenvalue weighted by molar-refractivity contribution is 0.881. The molecule has 3 heterocycles. The van der Waals surface area contributed by atoms with Gasteiger partial charge in [0.05, 0.1) is 11.4 Å². The first kappa shape index (κ1) is 39.5. The van der Waals surface area contributed by atoms with Crippen LogP contribution in [-0.2, 0) is 6.42 Å². The lowest BCUT2D eigenvalue weighted by atomic mass is 9.95. The van der Waals surface area contributed by atoms with E-state index < -0.39 is 0 Å². The minimum Gasteiger partial charge on any atom is -0.354 e. The second-order valence-electron chi connectivity index (χ2n) is 14.1. The topological polar surface area (TPSA) is 86.0 Å². The van der Waals surface area contributed by atoms with E-state index in [1.807, 2.05) is 24.3 Å². The Morgan fingerprint density at radius 2 is 0.850 bits per heavy atom. The number of aromatic amines is 3. The van der Waals surface area contributed by atoms with E-state index >= 15 is 0 Å². The number of nitrogens with zero attached hydrogens (tertiary/aromatic N) is 3. The molecule has 7 heteroatoms. The van der Waals surface area contributed by atoms with Gasteiger partial charge in [-0.2, -0.15) is 5.21 Å². The zero-order valence-electron chi connectivity index (χ0n) is 32.1. The molecule has 0 aliphatic carbocycles. The molecule has 0 saturated heterocycles. The summed E-state index contributed by atoms with van der Waals surface area (Å²) >= 11 is 3.66. The minimum absolute atomic E-state index is 0. The summed E-state index contributed by atoms with van der Waals surface area (Å²) in [5, 5.41) is 14.4. The Morgan fingerprint density at radius 3 is 1.37 bits per heavy atom. The molecule has 0 bridgehead atoms. The van der Waals surface area contributed by atoms with Crippen molar-refractivity contribution in [3.63, 3.8) is 0 Å². The number of H-pyrrole nitrogens is 3. The largest absolute Gasteiger partial charge is 0.354 e. The maximum Gasteiger partial charge on any atom is 0.178 e. The van der Waals surface area contributed by atoms with Gasteiger partial charge in [-0.1, -0.05) is 217 Å². The molecular weight excluding hydrogens is 801 g/mol. The van der Waals surface area contributed by atoms with E-state index in [4.69, 9.17) is 0 Å². The molecule has 0 radical (unpaired) electrons. The van der Waals surface area contributed by atoms with Crippen molar-refractivity contribution in [1.82, 2.24) is 30.6 Å². The van der Waals surface area contributed by atoms with Crippen molar-refractivity contribution in [2.45, 2.75) is 13.8 Å². The summed E-state index contributed by atoms with van der Waals surface area (Å²) in [6.45, 7) is 0. The van der Waals surface area contributed by atoms with Gasteiger partial charge in [-0.3, -0.25) is 0 Å². The van der Waals surface area contributed by atoms with Gasteiger partial charge in [-0.15, -0.1) is 10.2 Å². The summed E-state index contributed by atoms with van der Waals surface area (Å²) in [7, 11) is 0. The van der Waals surface area contributed by atoms with Gasteiger partial charge in [0.2, 0.25) is 0 Å². The van der Waals surface area contributed by atoms with Gasteiger partial charge in [0, 0.05) is 44.5 Å². The van der Waals surface area contributed by atoms with Crippen LogP contribution in [0.2, 0.25) is 0 Å². The monoisotopic (exact) mass is 842 g/mol. The van der Waals surface area contributed by atoms with E-state index in [9.17, 15) is 0 Å². The molecule has 0 unspecified atom stereocenters. The number of rotatable bonds is 9. The average molecular weight is 844 g/mol. The van der Waals surface area contributed by atoms with E-state index in [1.54, 1.807) is 0 Å². The summed E-state index contributed by atoms with van der Waals surface area (Å²) in [4.78, 5) is 7.37. The lowest BCUT2D eigenvalue weighted by Gasteiger charge is -2.10. The summed E-state index contributed by atoms with van der Waals surface area (Å²) < 4.78 is 1.09. The molecule has 0 aliphatic rings. The van der Waals surface area contributed by atoms with Gasteiger partial charge < -0.3 is 9.97 Å². The van der Waals surface area contributed by atoms with Gasteiger partial charge >= 0.3 is 0 Å². The fraction of sp³-hybridized carbons (Fsp3) is 0.0377. The van der Waals surface area contributed by atoms with Crippen LogP contribution in [0.1, 0.15) is 18.8 Å². The van der Waals surface area contributed by atoms with Gasteiger partial charge in [-0.25, -0.2) is 0 Å². The molecule has 3 N–H and O–H groups in total. The lowest BCUT2D eigenvalue weighted by Crippen LogP contribution is -1.92. The number of aromatic nitrogens is 6. The zero-order valence-corrected chi connectivity index (χ0v) is 33.6. The van der Waals surface area contributed by atoms with Gasteiger partial charge in [0.25, 0.3) is 0 Å². The molecule has 7 aromatic carbocycles. The molecule has 6 nitrogen and oxygen atoms in total. The van der Waals surface area contributed by atoms with Crippen LogP contribution in [0.4, 0.5) is 0 Å². The molecule has 292 valence electrons. The summed E-state index contributed by atoms with van der Waals surface area (Å²) in [5.74, 6) is 0.680. The molecule has 0 spiro atoms. The van der Waals surface area contributed by atoms with Crippen LogP contribution in [0.25, 0.3) is 78.4 Å².